The molecule has 0 fully saturated rings. The van der Waals surface area contributed by atoms with Crippen molar-refractivity contribution < 1.29 is 14.3 Å². The SMILES string of the molecule is Cc1cc(C)c2nc(NNC(=O)C3COc4ccccc4O3)sc2c1. The minimum atomic E-state index is -0.708. The van der Waals surface area contributed by atoms with Gasteiger partial charge in [0.2, 0.25) is 11.2 Å². The predicted molar refractivity (Wildman–Crippen MR) is 97.2 cm³/mol. The molecule has 4 rings (SSSR count). The second kappa shape index (κ2) is 6.25. The van der Waals surface area contributed by atoms with Crippen LogP contribution < -0.4 is 20.3 Å². The van der Waals surface area contributed by atoms with E-state index in [0.29, 0.717) is 16.6 Å². The molecule has 0 saturated heterocycles. The van der Waals surface area contributed by atoms with Gasteiger partial charge in [0, 0.05) is 0 Å². The second-order valence-corrected chi connectivity index (χ2v) is 6.96. The number of aryl methyl sites for hydroxylation is 2. The highest BCUT2D eigenvalue weighted by molar-refractivity contribution is 7.22. The van der Waals surface area contributed by atoms with E-state index in [1.165, 1.54) is 16.9 Å². The number of aromatic nitrogens is 1. The lowest BCUT2D eigenvalue weighted by molar-refractivity contribution is -0.129. The summed E-state index contributed by atoms with van der Waals surface area (Å²) in [5.74, 6) is 0.915. The maximum absolute atomic E-state index is 12.3. The van der Waals surface area contributed by atoms with E-state index in [9.17, 15) is 4.79 Å². The Morgan fingerprint density at radius 1 is 1.24 bits per heavy atom. The zero-order valence-corrected chi connectivity index (χ0v) is 14.6. The third kappa shape index (κ3) is 3.10. The van der Waals surface area contributed by atoms with E-state index < -0.39 is 6.10 Å². The van der Waals surface area contributed by atoms with E-state index in [0.717, 1.165) is 15.8 Å². The molecule has 0 aliphatic carbocycles. The summed E-state index contributed by atoms with van der Waals surface area (Å²) in [6.45, 7) is 4.25. The van der Waals surface area contributed by atoms with Crippen LogP contribution in [0, 0.1) is 13.8 Å². The van der Waals surface area contributed by atoms with Crippen molar-refractivity contribution in [3.05, 3.63) is 47.5 Å². The molecule has 1 aliphatic rings. The Balaban J connectivity index is 1.43. The molecule has 7 heteroatoms. The van der Waals surface area contributed by atoms with Crippen molar-refractivity contribution in [2.45, 2.75) is 20.0 Å². The number of anilines is 1. The number of nitrogens with one attached hydrogen (secondary N) is 2. The van der Waals surface area contributed by atoms with Gasteiger partial charge in [-0.1, -0.05) is 29.5 Å². The maximum Gasteiger partial charge on any atom is 0.283 e. The molecule has 6 nitrogen and oxygen atoms in total. The predicted octanol–water partition coefficient (Wildman–Crippen LogP) is 3.20. The fourth-order valence-corrected chi connectivity index (χ4v) is 3.76. The molecule has 0 spiro atoms. The Morgan fingerprint density at radius 3 is 2.88 bits per heavy atom. The summed E-state index contributed by atoms with van der Waals surface area (Å²) in [6, 6.07) is 11.5. The van der Waals surface area contributed by atoms with Crippen LogP contribution >= 0.6 is 11.3 Å². The molecular weight excluding hydrogens is 338 g/mol. The van der Waals surface area contributed by atoms with Crippen LogP contribution in [0.2, 0.25) is 0 Å². The van der Waals surface area contributed by atoms with Crippen molar-refractivity contribution in [3.63, 3.8) is 0 Å². The van der Waals surface area contributed by atoms with Gasteiger partial charge in [-0.15, -0.1) is 0 Å². The van der Waals surface area contributed by atoms with E-state index in [4.69, 9.17) is 9.47 Å². The minimum absolute atomic E-state index is 0.169. The fourth-order valence-electron chi connectivity index (χ4n) is 2.77. The number of amides is 1. The molecule has 3 aromatic rings. The van der Waals surface area contributed by atoms with Gasteiger partial charge in [-0.2, -0.15) is 0 Å². The van der Waals surface area contributed by atoms with Gasteiger partial charge in [0.25, 0.3) is 5.91 Å². The third-order valence-electron chi connectivity index (χ3n) is 3.92. The van der Waals surface area contributed by atoms with Gasteiger partial charge in [-0.05, 0) is 43.2 Å². The van der Waals surface area contributed by atoms with Crippen molar-refractivity contribution in [2.24, 2.45) is 0 Å². The summed E-state index contributed by atoms with van der Waals surface area (Å²) in [5, 5.41) is 0.633. The molecule has 0 saturated carbocycles. The molecule has 1 amide bonds. The van der Waals surface area contributed by atoms with Crippen molar-refractivity contribution in [3.8, 4) is 11.5 Å². The number of carbonyl (C=O) groups excluding carboxylic acids is 1. The Labute approximate surface area is 148 Å². The smallest absolute Gasteiger partial charge is 0.283 e. The van der Waals surface area contributed by atoms with Gasteiger partial charge in [0.1, 0.15) is 6.61 Å². The van der Waals surface area contributed by atoms with Crippen molar-refractivity contribution >= 4 is 32.6 Å². The first kappa shape index (κ1) is 15.7. The zero-order chi connectivity index (χ0) is 17.4. The van der Waals surface area contributed by atoms with Gasteiger partial charge >= 0.3 is 0 Å². The zero-order valence-electron chi connectivity index (χ0n) is 13.8. The average Bonchev–Trinajstić information content (AvgIpc) is 3.02. The van der Waals surface area contributed by atoms with Crippen molar-refractivity contribution in [2.75, 3.05) is 12.0 Å². The number of fused-ring (bicyclic) bond motifs is 2. The molecular formula is C18H17N3O3S. The van der Waals surface area contributed by atoms with E-state index in [1.54, 1.807) is 6.07 Å². The number of hydrogen-bond acceptors (Lipinski definition) is 6. The molecule has 1 atom stereocenters. The molecule has 2 aromatic carbocycles. The van der Waals surface area contributed by atoms with Crippen LogP contribution in [0.3, 0.4) is 0 Å². The third-order valence-corrected chi connectivity index (χ3v) is 4.84. The number of para-hydroxylation sites is 2. The summed E-state index contributed by atoms with van der Waals surface area (Å²) in [6.07, 6.45) is -0.708. The van der Waals surface area contributed by atoms with Gasteiger partial charge in [0.05, 0.1) is 10.2 Å². The number of ether oxygens (including phenoxy) is 2. The minimum Gasteiger partial charge on any atom is -0.485 e. The highest BCUT2D eigenvalue weighted by Crippen LogP contribution is 2.31. The fraction of sp³-hybridized carbons (Fsp3) is 0.222. The number of nitrogens with zero attached hydrogens (tertiary/aromatic N) is 1. The second-order valence-electron chi connectivity index (χ2n) is 5.93. The molecule has 2 heterocycles. The van der Waals surface area contributed by atoms with E-state index in [1.807, 2.05) is 25.1 Å². The Kier molecular flexibility index (Phi) is 3.93. The molecule has 128 valence electrons. The van der Waals surface area contributed by atoms with Gasteiger partial charge in [-0.25, -0.2) is 4.98 Å². The maximum atomic E-state index is 12.3. The Bertz CT molecular complexity index is 954. The van der Waals surface area contributed by atoms with Crippen LogP contribution in [-0.2, 0) is 4.79 Å². The number of thiazole rings is 1. The first-order valence-corrected chi connectivity index (χ1v) is 8.74. The van der Waals surface area contributed by atoms with Crippen LogP contribution in [0.1, 0.15) is 11.1 Å². The lowest BCUT2D eigenvalue weighted by atomic mass is 10.1. The van der Waals surface area contributed by atoms with Crippen LogP contribution in [0.15, 0.2) is 36.4 Å². The van der Waals surface area contributed by atoms with Crippen LogP contribution in [0.4, 0.5) is 5.13 Å². The highest BCUT2D eigenvalue weighted by atomic mass is 32.1. The normalized spacial score (nSPS) is 15.8. The quantitative estimate of drug-likeness (QED) is 0.706. The first-order chi connectivity index (χ1) is 12.1. The average molecular weight is 355 g/mol. The number of hydrogen-bond donors (Lipinski definition) is 2. The lowest BCUT2D eigenvalue weighted by Gasteiger charge is -2.25. The van der Waals surface area contributed by atoms with Gasteiger partial charge in [0.15, 0.2) is 11.5 Å². The van der Waals surface area contributed by atoms with Crippen LogP contribution in [0.5, 0.6) is 11.5 Å². The number of hydrazine groups is 1. The summed E-state index contributed by atoms with van der Waals surface area (Å²) in [5.41, 5.74) is 8.77. The molecule has 0 radical (unpaired) electrons. The Hall–Kier alpha value is -2.80. The topological polar surface area (TPSA) is 72.5 Å². The summed E-state index contributed by atoms with van der Waals surface area (Å²) >= 11 is 1.49. The lowest BCUT2D eigenvalue weighted by Crippen LogP contribution is -2.45. The summed E-state index contributed by atoms with van der Waals surface area (Å²) in [4.78, 5) is 16.8. The number of rotatable bonds is 3. The first-order valence-electron chi connectivity index (χ1n) is 7.92. The van der Waals surface area contributed by atoms with Crippen LogP contribution in [0.25, 0.3) is 10.2 Å². The molecule has 1 unspecified atom stereocenters. The van der Waals surface area contributed by atoms with Gasteiger partial charge < -0.3 is 9.47 Å². The Morgan fingerprint density at radius 2 is 2.04 bits per heavy atom. The molecule has 25 heavy (non-hydrogen) atoms. The monoisotopic (exact) mass is 355 g/mol. The standard InChI is InChI=1S/C18H17N3O3S/c1-10-7-11(2)16-15(8-10)25-18(19-16)21-20-17(22)14-9-23-12-5-3-4-6-13(12)24-14/h3-8,14H,9H2,1-2H3,(H,19,21)(H,20,22). The number of benzene rings is 2. The number of carbonyl (C=O) groups is 1. The highest BCUT2D eigenvalue weighted by Gasteiger charge is 2.27. The molecule has 2 N–H and O–H groups in total. The van der Waals surface area contributed by atoms with Crippen LogP contribution in [-0.4, -0.2) is 23.6 Å². The summed E-state index contributed by atoms with van der Waals surface area (Å²) in [7, 11) is 0. The summed E-state index contributed by atoms with van der Waals surface area (Å²) < 4.78 is 12.3. The van der Waals surface area contributed by atoms with E-state index in [-0.39, 0.29) is 12.5 Å². The molecule has 0 bridgehead atoms. The van der Waals surface area contributed by atoms with E-state index >= 15 is 0 Å². The largest absolute Gasteiger partial charge is 0.485 e. The molecule has 1 aliphatic heterocycles. The van der Waals surface area contributed by atoms with Crippen molar-refractivity contribution in [1.82, 2.24) is 10.4 Å². The molecule has 1 aromatic heterocycles. The van der Waals surface area contributed by atoms with Crippen molar-refractivity contribution in [1.29, 1.82) is 0 Å². The van der Waals surface area contributed by atoms with E-state index in [2.05, 4.69) is 34.9 Å². The van der Waals surface area contributed by atoms with Gasteiger partial charge in [-0.3, -0.25) is 15.6 Å².